The Morgan fingerprint density at radius 3 is 2.16 bits per heavy atom. The molecule has 2 amide bonds. The molecule has 164 valence electrons. The summed E-state index contributed by atoms with van der Waals surface area (Å²) in [4.78, 5) is 46.7. The van der Waals surface area contributed by atoms with Gasteiger partial charge < -0.3 is 9.72 Å². The van der Waals surface area contributed by atoms with Gasteiger partial charge in [-0.3, -0.25) is 9.59 Å². The lowest BCUT2D eigenvalue weighted by Crippen LogP contribution is -2.34. The van der Waals surface area contributed by atoms with Crippen LogP contribution in [0.3, 0.4) is 0 Å². The van der Waals surface area contributed by atoms with Crippen LogP contribution < -0.4 is 4.90 Å². The first kappa shape index (κ1) is 24.2. The summed E-state index contributed by atoms with van der Waals surface area (Å²) in [6.07, 6.45) is 3.22. The Morgan fingerprint density at radius 2 is 1.61 bits per heavy atom. The number of pyridine rings is 2. The minimum absolute atomic E-state index is 0.311. The van der Waals surface area contributed by atoms with Crippen LogP contribution in [0.1, 0.15) is 50.7 Å². The third kappa shape index (κ3) is 6.21. The number of halogens is 1. The van der Waals surface area contributed by atoms with E-state index < -0.39 is 5.60 Å². The Hall–Kier alpha value is -3.07. The number of hydrogen-bond donors (Lipinski definition) is 1. The van der Waals surface area contributed by atoms with E-state index >= 15 is 0 Å². The van der Waals surface area contributed by atoms with Crippen LogP contribution in [0.4, 0.5) is 5.82 Å². The van der Waals surface area contributed by atoms with Crippen LogP contribution in [0.5, 0.6) is 0 Å². The molecule has 0 aliphatic rings. The largest absolute Gasteiger partial charge is 0.456 e. The molecular formula is C22H25BrN4O4. The number of rotatable bonds is 2. The standard InChI is InChI=1S/C13H16N2O2.C9H9BrN2O2/c1-8-10(12(16)17-13(2,3)4)9-6-5-7-14-11(9)15-8;1-6(13)12(7(2)14)9-8(10)4-3-5-11-9/h5-7H,1-4H3,(H,14,15);3-5H,1-2H3. The monoisotopic (exact) mass is 488 g/mol. The van der Waals surface area contributed by atoms with Gasteiger partial charge in [0, 0.05) is 37.3 Å². The third-order valence-electron chi connectivity index (χ3n) is 3.94. The van der Waals surface area contributed by atoms with Crippen LogP contribution >= 0.6 is 15.9 Å². The first-order chi connectivity index (χ1) is 14.4. The van der Waals surface area contributed by atoms with Crippen molar-refractivity contribution < 1.29 is 19.1 Å². The normalized spacial score (nSPS) is 10.8. The fourth-order valence-electron chi connectivity index (χ4n) is 2.80. The van der Waals surface area contributed by atoms with E-state index in [-0.39, 0.29) is 17.8 Å². The second-order valence-corrected chi connectivity index (χ2v) is 8.56. The van der Waals surface area contributed by atoms with Crippen molar-refractivity contribution in [3.05, 3.63) is 52.4 Å². The van der Waals surface area contributed by atoms with Crippen LogP contribution in [0, 0.1) is 6.92 Å². The van der Waals surface area contributed by atoms with Crippen molar-refractivity contribution in [1.82, 2.24) is 15.0 Å². The molecule has 3 heterocycles. The van der Waals surface area contributed by atoms with E-state index in [1.807, 2.05) is 39.8 Å². The van der Waals surface area contributed by atoms with Crippen LogP contribution in [0.25, 0.3) is 11.0 Å². The molecular weight excluding hydrogens is 464 g/mol. The minimum Gasteiger partial charge on any atom is -0.456 e. The molecule has 31 heavy (non-hydrogen) atoms. The van der Waals surface area contributed by atoms with E-state index in [1.54, 1.807) is 18.3 Å². The van der Waals surface area contributed by atoms with Crippen molar-refractivity contribution in [2.24, 2.45) is 0 Å². The number of amides is 2. The summed E-state index contributed by atoms with van der Waals surface area (Å²) < 4.78 is 6.00. The van der Waals surface area contributed by atoms with E-state index in [2.05, 4.69) is 30.9 Å². The molecule has 1 N–H and O–H groups in total. The van der Waals surface area contributed by atoms with E-state index in [4.69, 9.17) is 4.74 Å². The molecule has 0 saturated carbocycles. The zero-order valence-electron chi connectivity index (χ0n) is 18.3. The number of H-pyrrole nitrogens is 1. The van der Waals surface area contributed by atoms with Crippen molar-refractivity contribution in [3.8, 4) is 0 Å². The van der Waals surface area contributed by atoms with Crippen molar-refractivity contribution in [2.75, 3.05) is 4.90 Å². The summed E-state index contributed by atoms with van der Waals surface area (Å²) in [5.74, 6) is -0.685. The molecule has 0 aromatic carbocycles. The van der Waals surface area contributed by atoms with E-state index in [9.17, 15) is 14.4 Å². The van der Waals surface area contributed by atoms with E-state index in [1.165, 1.54) is 20.0 Å². The maximum atomic E-state index is 12.1. The number of ether oxygens (including phenoxy) is 1. The number of carbonyl (C=O) groups excluding carboxylic acids is 3. The lowest BCUT2D eigenvalue weighted by molar-refractivity contribution is -0.124. The number of nitrogens with one attached hydrogen (secondary N) is 1. The smallest absolute Gasteiger partial charge is 0.341 e. The van der Waals surface area contributed by atoms with Crippen LogP contribution in [0.2, 0.25) is 0 Å². The number of hydrogen-bond acceptors (Lipinski definition) is 6. The lowest BCUT2D eigenvalue weighted by Gasteiger charge is -2.19. The highest BCUT2D eigenvalue weighted by Gasteiger charge is 2.23. The third-order valence-corrected chi connectivity index (χ3v) is 4.56. The minimum atomic E-state index is -0.491. The molecule has 0 aliphatic carbocycles. The van der Waals surface area contributed by atoms with Gasteiger partial charge in [-0.05, 0) is 67.9 Å². The van der Waals surface area contributed by atoms with Crippen LogP contribution in [-0.4, -0.2) is 38.3 Å². The summed E-state index contributed by atoms with van der Waals surface area (Å²) in [7, 11) is 0. The second kappa shape index (κ2) is 9.82. The number of imide groups is 1. The van der Waals surface area contributed by atoms with Crippen molar-refractivity contribution >= 4 is 50.6 Å². The predicted octanol–water partition coefficient (Wildman–Crippen LogP) is 4.57. The second-order valence-electron chi connectivity index (χ2n) is 7.71. The topological polar surface area (TPSA) is 105 Å². The molecule has 8 nitrogen and oxygen atoms in total. The Labute approximate surface area is 189 Å². The van der Waals surface area contributed by atoms with Gasteiger partial charge in [0.05, 0.1) is 10.0 Å². The zero-order valence-corrected chi connectivity index (χ0v) is 19.9. The molecule has 3 rings (SSSR count). The van der Waals surface area contributed by atoms with Gasteiger partial charge in [-0.15, -0.1) is 0 Å². The van der Waals surface area contributed by atoms with Crippen molar-refractivity contribution in [3.63, 3.8) is 0 Å². The van der Waals surface area contributed by atoms with Crippen molar-refractivity contribution in [2.45, 2.75) is 47.1 Å². The molecule has 0 spiro atoms. The maximum absolute atomic E-state index is 12.1. The number of aryl methyl sites for hydroxylation is 1. The lowest BCUT2D eigenvalue weighted by atomic mass is 10.1. The van der Waals surface area contributed by atoms with E-state index in [0.29, 0.717) is 21.5 Å². The number of fused-ring (bicyclic) bond motifs is 1. The molecule has 3 aromatic heterocycles. The first-order valence-corrected chi connectivity index (χ1v) is 10.3. The van der Waals surface area contributed by atoms with Gasteiger partial charge in [0.2, 0.25) is 11.8 Å². The number of nitrogens with zero attached hydrogens (tertiary/aromatic N) is 3. The number of aromatic amines is 1. The summed E-state index contributed by atoms with van der Waals surface area (Å²) in [5.41, 5.74) is 1.58. The number of aromatic nitrogens is 3. The Kier molecular flexibility index (Phi) is 7.67. The van der Waals surface area contributed by atoms with Crippen LogP contribution in [0.15, 0.2) is 41.1 Å². The molecule has 0 saturated heterocycles. The Bertz CT molecular complexity index is 1100. The highest BCUT2D eigenvalue weighted by atomic mass is 79.9. The molecule has 0 unspecified atom stereocenters. The summed E-state index contributed by atoms with van der Waals surface area (Å²) in [6.45, 7) is 10.1. The first-order valence-electron chi connectivity index (χ1n) is 9.50. The van der Waals surface area contributed by atoms with Crippen LogP contribution in [-0.2, 0) is 14.3 Å². The molecule has 0 fully saturated rings. The average Bonchev–Trinajstić information content (AvgIpc) is 2.98. The summed E-state index contributed by atoms with van der Waals surface area (Å²) in [5, 5.41) is 0.805. The van der Waals surface area contributed by atoms with Gasteiger partial charge in [0.1, 0.15) is 11.2 Å². The molecule has 9 heteroatoms. The average molecular weight is 489 g/mol. The molecule has 0 aliphatic heterocycles. The van der Waals surface area contributed by atoms with Gasteiger partial charge in [0.25, 0.3) is 0 Å². The molecule has 0 atom stereocenters. The molecule has 0 radical (unpaired) electrons. The quantitative estimate of drug-likeness (QED) is 0.529. The molecule has 3 aromatic rings. The summed E-state index contributed by atoms with van der Waals surface area (Å²) in [6, 6.07) is 7.11. The van der Waals surface area contributed by atoms with Gasteiger partial charge in [-0.2, -0.15) is 0 Å². The van der Waals surface area contributed by atoms with Gasteiger partial charge in [-0.1, -0.05) is 0 Å². The fraction of sp³-hybridized carbons (Fsp3) is 0.318. The SMILES string of the molecule is CC(=O)N(C(C)=O)c1ncccc1Br.Cc1[nH]c2ncccc2c1C(=O)OC(C)(C)C. The Morgan fingerprint density at radius 1 is 1.03 bits per heavy atom. The number of esters is 1. The number of anilines is 1. The highest BCUT2D eigenvalue weighted by Crippen LogP contribution is 2.24. The van der Waals surface area contributed by atoms with Gasteiger partial charge in [-0.25, -0.2) is 19.7 Å². The summed E-state index contributed by atoms with van der Waals surface area (Å²) >= 11 is 3.22. The maximum Gasteiger partial charge on any atom is 0.341 e. The molecule has 0 bridgehead atoms. The zero-order chi connectivity index (χ0) is 23.3. The van der Waals surface area contributed by atoms with Gasteiger partial charge >= 0.3 is 5.97 Å². The predicted molar refractivity (Wildman–Crippen MR) is 122 cm³/mol. The fourth-order valence-corrected chi connectivity index (χ4v) is 3.24. The highest BCUT2D eigenvalue weighted by molar-refractivity contribution is 9.10. The Balaban J connectivity index is 0.000000225. The van der Waals surface area contributed by atoms with E-state index in [0.717, 1.165) is 16.0 Å². The van der Waals surface area contributed by atoms with Gasteiger partial charge in [0.15, 0.2) is 5.82 Å². The van der Waals surface area contributed by atoms with Crippen molar-refractivity contribution in [1.29, 1.82) is 0 Å². The number of carbonyl (C=O) groups is 3.